The monoisotopic (exact) mass is 384 g/mol. The van der Waals surface area contributed by atoms with E-state index in [4.69, 9.17) is 9.47 Å². The van der Waals surface area contributed by atoms with Gasteiger partial charge in [0.05, 0.1) is 17.8 Å². The minimum atomic E-state index is -1.04. The van der Waals surface area contributed by atoms with Crippen LogP contribution in [-0.2, 0) is 19.1 Å². The summed E-state index contributed by atoms with van der Waals surface area (Å²) in [4.78, 5) is 37.6. The number of nitrogens with one attached hydrogen (secondary N) is 1. The average Bonchev–Trinajstić information content (AvgIpc) is 2.58. The van der Waals surface area contributed by atoms with Gasteiger partial charge in [0.25, 0.3) is 11.8 Å². The number of nitrogens with zero attached hydrogens (tertiary/aromatic N) is 1. The van der Waals surface area contributed by atoms with Crippen molar-refractivity contribution in [2.45, 2.75) is 39.1 Å². The lowest BCUT2D eigenvalue weighted by Crippen LogP contribution is -2.51. The maximum Gasteiger partial charge on any atom is 0.326 e. The van der Waals surface area contributed by atoms with Crippen molar-refractivity contribution in [1.29, 1.82) is 0 Å². The molecule has 2 rings (SSSR count). The predicted molar refractivity (Wildman–Crippen MR) is 90.8 cm³/mol. The molecule has 2 amide bonds. The molecule has 1 aliphatic heterocycles. The summed E-state index contributed by atoms with van der Waals surface area (Å²) in [6.07, 6.45) is -1.27. The molecule has 148 valence electrons. The lowest BCUT2D eigenvalue weighted by atomic mass is 10.2. The molecule has 9 heteroatoms. The Bertz CT molecular complexity index is 718. The number of rotatable bonds is 5. The van der Waals surface area contributed by atoms with Crippen LogP contribution < -0.4 is 5.32 Å². The van der Waals surface area contributed by atoms with Gasteiger partial charge >= 0.3 is 5.97 Å². The topological polar surface area (TPSA) is 84.9 Å². The van der Waals surface area contributed by atoms with Gasteiger partial charge in [-0.1, -0.05) is 0 Å². The molecule has 7 nitrogen and oxygen atoms in total. The summed E-state index contributed by atoms with van der Waals surface area (Å²) in [6.45, 7) is 5.36. The summed E-state index contributed by atoms with van der Waals surface area (Å²) >= 11 is 0. The van der Waals surface area contributed by atoms with Gasteiger partial charge in [-0.2, -0.15) is 0 Å². The summed E-state index contributed by atoms with van der Waals surface area (Å²) in [5.74, 6) is -3.95. The molecule has 1 heterocycles. The molecule has 1 aromatic carbocycles. The molecule has 0 aromatic heterocycles. The zero-order chi connectivity index (χ0) is 20.1. The van der Waals surface area contributed by atoms with Crippen molar-refractivity contribution in [3.63, 3.8) is 0 Å². The van der Waals surface area contributed by atoms with Crippen molar-refractivity contribution in [3.8, 4) is 0 Å². The predicted octanol–water partition coefficient (Wildman–Crippen LogP) is 1.26. The van der Waals surface area contributed by atoms with E-state index in [9.17, 15) is 23.2 Å². The number of esters is 1. The number of hydrogen-bond acceptors (Lipinski definition) is 5. The molecular weight excluding hydrogens is 362 g/mol. The van der Waals surface area contributed by atoms with Gasteiger partial charge in [-0.05, 0) is 32.9 Å². The Hall–Kier alpha value is -2.55. The first-order chi connectivity index (χ1) is 12.7. The quantitative estimate of drug-likeness (QED) is 0.773. The Kier molecular flexibility index (Phi) is 6.84. The van der Waals surface area contributed by atoms with Crippen molar-refractivity contribution in [2.24, 2.45) is 0 Å². The number of carbonyl (C=O) groups is 3. The molecule has 1 saturated heterocycles. The molecule has 3 unspecified atom stereocenters. The van der Waals surface area contributed by atoms with E-state index in [1.807, 2.05) is 13.8 Å². The molecular formula is C18H22F2N2O5. The SMILES string of the molecule is CC1CN(C(=O)C(C)OC(=O)CNC(=O)c2ccc(F)cc2F)CC(C)O1. The van der Waals surface area contributed by atoms with Gasteiger partial charge in [0, 0.05) is 19.2 Å². The van der Waals surface area contributed by atoms with Gasteiger partial charge < -0.3 is 19.7 Å². The van der Waals surface area contributed by atoms with Gasteiger partial charge in [0.1, 0.15) is 18.2 Å². The third-order valence-electron chi connectivity index (χ3n) is 3.96. The van der Waals surface area contributed by atoms with Gasteiger partial charge in [0.2, 0.25) is 0 Å². The highest BCUT2D eigenvalue weighted by molar-refractivity contribution is 5.96. The Balaban J connectivity index is 1.84. The van der Waals surface area contributed by atoms with Crippen molar-refractivity contribution >= 4 is 17.8 Å². The van der Waals surface area contributed by atoms with Crippen LogP contribution in [0.1, 0.15) is 31.1 Å². The van der Waals surface area contributed by atoms with Gasteiger partial charge in [-0.15, -0.1) is 0 Å². The Morgan fingerprint density at radius 1 is 1.26 bits per heavy atom. The van der Waals surface area contributed by atoms with Crippen LogP contribution in [0.2, 0.25) is 0 Å². The van der Waals surface area contributed by atoms with Crippen molar-refractivity contribution in [3.05, 3.63) is 35.4 Å². The van der Waals surface area contributed by atoms with Crippen LogP contribution in [0.5, 0.6) is 0 Å². The van der Waals surface area contributed by atoms with E-state index in [2.05, 4.69) is 5.32 Å². The second kappa shape index (κ2) is 8.90. The van der Waals surface area contributed by atoms with Crippen LogP contribution in [-0.4, -0.2) is 60.6 Å². The van der Waals surface area contributed by atoms with Crippen LogP contribution in [0.4, 0.5) is 8.78 Å². The minimum absolute atomic E-state index is 0.120. The van der Waals surface area contributed by atoms with E-state index in [-0.39, 0.29) is 18.1 Å². The van der Waals surface area contributed by atoms with E-state index < -0.39 is 41.7 Å². The molecule has 0 spiro atoms. The lowest BCUT2D eigenvalue weighted by molar-refractivity contribution is -0.163. The Morgan fingerprint density at radius 2 is 1.89 bits per heavy atom. The van der Waals surface area contributed by atoms with Gasteiger partial charge in [-0.25, -0.2) is 8.78 Å². The molecule has 27 heavy (non-hydrogen) atoms. The summed E-state index contributed by atoms with van der Waals surface area (Å²) in [5.41, 5.74) is -0.399. The molecule has 0 bridgehead atoms. The molecule has 0 radical (unpaired) electrons. The number of carbonyl (C=O) groups excluding carboxylic acids is 3. The first kappa shape index (κ1) is 20.8. The second-order valence-electron chi connectivity index (χ2n) is 6.44. The standard InChI is InChI=1S/C18H22F2N2O5/c1-10-8-22(9-11(2)26-10)18(25)12(3)27-16(23)7-21-17(24)14-5-4-13(19)6-15(14)20/h4-6,10-12H,7-9H2,1-3H3,(H,21,24). The molecule has 0 saturated carbocycles. The minimum Gasteiger partial charge on any atom is -0.451 e. The van der Waals surface area contributed by atoms with E-state index in [0.29, 0.717) is 19.2 Å². The smallest absolute Gasteiger partial charge is 0.326 e. The fourth-order valence-electron chi connectivity index (χ4n) is 2.83. The second-order valence-corrected chi connectivity index (χ2v) is 6.44. The number of hydrogen-bond donors (Lipinski definition) is 1. The Labute approximate surface area is 155 Å². The van der Waals surface area contributed by atoms with Crippen LogP contribution in [0.25, 0.3) is 0 Å². The average molecular weight is 384 g/mol. The maximum absolute atomic E-state index is 13.5. The summed E-state index contributed by atoms with van der Waals surface area (Å²) in [7, 11) is 0. The molecule has 0 aliphatic carbocycles. The van der Waals surface area contributed by atoms with Gasteiger partial charge in [0.15, 0.2) is 6.10 Å². The van der Waals surface area contributed by atoms with E-state index >= 15 is 0 Å². The molecule has 3 atom stereocenters. The van der Waals surface area contributed by atoms with Crippen LogP contribution in [0.15, 0.2) is 18.2 Å². The number of morpholine rings is 1. The highest BCUT2D eigenvalue weighted by Crippen LogP contribution is 2.13. The van der Waals surface area contributed by atoms with Crippen molar-refractivity contribution in [2.75, 3.05) is 19.6 Å². The zero-order valence-corrected chi connectivity index (χ0v) is 15.3. The fraction of sp³-hybridized carbons (Fsp3) is 0.500. The number of ether oxygens (including phenoxy) is 2. The third kappa shape index (κ3) is 5.72. The summed E-state index contributed by atoms with van der Waals surface area (Å²) < 4.78 is 37.0. The number of benzene rings is 1. The van der Waals surface area contributed by atoms with E-state index in [0.717, 1.165) is 12.1 Å². The van der Waals surface area contributed by atoms with E-state index in [1.165, 1.54) is 6.92 Å². The largest absolute Gasteiger partial charge is 0.451 e. The first-order valence-corrected chi connectivity index (χ1v) is 8.54. The van der Waals surface area contributed by atoms with Gasteiger partial charge in [-0.3, -0.25) is 14.4 Å². The van der Waals surface area contributed by atoms with Crippen LogP contribution >= 0.6 is 0 Å². The highest BCUT2D eigenvalue weighted by Gasteiger charge is 2.30. The first-order valence-electron chi connectivity index (χ1n) is 8.54. The molecule has 1 aliphatic rings. The van der Waals surface area contributed by atoms with Crippen molar-refractivity contribution in [1.82, 2.24) is 10.2 Å². The molecule has 1 aromatic rings. The molecule has 1 fully saturated rings. The summed E-state index contributed by atoms with van der Waals surface area (Å²) in [5, 5.41) is 2.18. The fourth-order valence-corrected chi connectivity index (χ4v) is 2.83. The van der Waals surface area contributed by atoms with E-state index in [1.54, 1.807) is 4.90 Å². The third-order valence-corrected chi connectivity index (χ3v) is 3.96. The maximum atomic E-state index is 13.5. The number of halogens is 2. The Morgan fingerprint density at radius 3 is 2.48 bits per heavy atom. The van der Waals surface area contributed by atoms with Crippen LogP contribution in [0.3, 0.4) is 0 Å². The zero-order valence-electron chi connectivity index (χ0n) is 15.3. The highest BCUT2D eigenvalue weighted by atomic mass is 19.1. The molecule has 1 N–H and O–H groups in total. The van der Waals surface area contributed by atoms with Crippen molar-refractivity contribution < 1.29 is 32.6 Å². The summed E-state index contributed by atoms with van der Waals surface area (Å²) in [6, 6.07) is 2.47. The normalized spacial score (nSPS) is 20.7. The number of amides is 2. The van der Waals surface area contributed by atoms with Crippen LogP contribution in [0, 0.1) is 11.6 Å². The lowest BCUT2D eigenvalue weighted by Gasteiger charge is -2.36.